The number of para-hydroxylation sites is 1. The number of fused-ring (bicyclic) bond motifs is 1. The fraction of sp³-hybridized carbons (Fsp3) is 0.188. The number of morpholine rings is 1. The summed E-state index contributed by atoms with van der Waals surface area (Å²) in [5.41, 5.74) is 4.51. The lowest BCUT2D eigenvalue weighted by molar-refractivity contribution is -0.112. The summed E-state index contributed by atoms with van der Waals surface area (Å²) in [6, 6.07) is 18.9. The maximum absolute atomic E-state index is 13.3. The van der Waals surface area contributed by atoms with Crippen molar-refractivity contribution in [2.75, 3.05) is 48.9 Å². The fourth-order valence-corrected chi connectivity index (χ4v) is 5.09. The lowest BCUT2D eigenvalue weighted by Crippen LogP contribution is -2.36. The highest BCUT2D eigenvalue weighted by Gasteiger charge is 2.22. The van der Waals surface area contributed by atoms with Crippen LogP contribution < -0.4 is 20.3 Å². The highest BCUT2D eigenvalue weighted by atomic mass is 16.5. The second-order valence-corrected chi connectivity index (χ2v) is 9.87. The molecule has 1 amide bonds. The second-order valence-electron chi connectivity index (χ2n) is 9.87. The van der Waals surface area contributed by atoms with Gasteiger partial charge < -0.3 is 34.0 Å². The molecule has 6 rings (SSSR count). The van der Waals surface area contributed by atoms with Gasteiger partial charge >= 0.3 is 0 Å². The third-order valence-electron chi connectivity index (χ3n) is 7.19. The van der Waals surface area contributed by atoms with Crippen LogP contribution in [0.5, 0.6) is 5.75 Å². The van der Waals surface area contributed by atoms with Crippen molar-refractivity contribution in [3.63, 3.8) is 0 Å². The van der Waals surface area contributed by atoms with Gasteiger partial charge in [0.05, 0.1) is 49.3 Å². The SMILES string of the molecule is COc1cc(N2CCOCC2)c(NC(=O)C(C#N)=Cc2ccco2)cc1Nc1nccc(-c2cn(C)c3ccccc23)n1. The molecule has 216 valence electrons. The van der Waals surface area contributed by atoms with E-state index in [1.54, 1.807) is 31.5 Å². The summed E-state index contributed by atoms with van der Waals surface area (Å²) < 4.78 is 18.7. The number of hydrogen-bond acceptors (Lipinski definition) is 9. The van der Waals surface area contributed by atoms with Crippen LogP contribution in [0.4, 0.5) is 23.0 Å². The first kappa shape index (κ1) is 27.6. The molecule has 2 N–H and O–H groups in total. The topological polar surface area (TPSA) is 130 Å². The molecule has 43 heavy (non-hydrogen) atoms. The molecule has 0 saturated carbocycles. The Morgan fingerprint density at radius 1 is 1.12 bits per heavy atom. The average molecular weight is 576 g/mol. The number of hydrogen-bond donors (Lipinski definition) is 2. The van der Waals surface area contributed by atoms with Gasteiger partial charge in [0.15, 0.2) is 0 Å². The van der Waals surface area contributed by atoms with Crippen LogP contribution in [0.1, 0.15) is 5.76 Å². The molecule has 4 heterocycles. The Morgan fingerprint density at radius 3 is 2.72 bits per heavy atom. The van der Waals surface area contributed by atoms with Crippen LogP contribution >= 0.6 is 0 Å². The summed E-state index contributed by atoms with van der Waals surface area (Å²) in [6.07, 6.45) is 6.63. The van der Waals surface area contributed by atoms with Crippen LogP contribution in [-0.2, 0) is 16.6 Å². The first-order chi connectivity index (χ1) is 21.0. The zero-order valence-corrected chi connectivity index (χ0v) is 23.7. The number of nitriles is 1. The van der Waals surface area contributed by atoms with Gasteiger partial charge in [-0.3, -0.25) is 4.79 Å². The van der Waals surface area contributed by atoms with E-state index in [9.17, 15) is 10.1 Å². The number of ether oxygens (including phenoxy) is 2. The van der Waals surface area contributed by atoms with Crippen LogP contribution in [0.15, 0.2) is 83.2 Å². The number of methoxy groups -OCH3 is 1. The standard InChI is InChI=1S/C32H29N7O4/c1-38-20-24(23-7-3-4-8-28(23)38)25-9-10-34-32(36-25)37-27-17-26(29(18-30(27)41-2)39-11-14-42-15-12-39)35-31(40)21(19-33)16-22-6-5-13-43-22/h3-10,13,16-18,20H,11-12,14-15H2,1-2H3,(H,35,40)(H,34,36,37). The smallest absolute Gasteiger partial charge is 0.266 e. The Bertz CT molecular complexity index is 1850. The lowest BCUT2D eigenvalue weighted by atomic mass is 10.1. The Balaban J connectivity index is 1.36. The molecule has 2 aromatic carbocycles. The van der Waals surface area contributed by atoms with Crippen molar-refractivity contribution in [3.8, 4) is 23.1 Å². The van der Waals surface area contributed by atoms with Gasteiger partial charge in [0.1, 0.15) is 23.2 Å². The van der Waals surface area contributed by atoms with Crippen molar-refractivity contribution in [3.05, 3.63) is 84.6 Å². The largest absolute Gasteiger partial charge is 0.494 e. The van der Waals surface area contributed by atoms with E-state index in [-0.39, 0.29) is 5.57 Å². The number of nitrogens with zero attached hydrogens (tertiary/aromatic N) is 5. The number of benzene rings is 2. The number of carbonyl (C=O) groups excluding carboxylic acids is 1. The number of aromatic nitrogens is 3. The van der Waals surface area contributed by atoms with E-state index in [1.807, 2.05) is 43.6 Å². The van der Waals surface area contributed by atoms with Gasteiger partial charge in [0.2, 0.25) is 5.95 Å². The van der Waals surface area contributed by atoms with Crippen LogP contribution in [0.25, 0.3) is 28.2 Å². The van der Waals surface area contributed by atoms with Gasteiger partial charge in [-0.25, -0.2) is 9.97 Å². The maximum Gasteiger partial charge on any atom is 0.266 e. The molecule has 1 saturated heterocycles. The zero-order chi connectivity index (χ0) is 29.8. The molecule has 0 aliphatic carbocycles. The third kappa shape index (κ3) is 5.77. The van der Waals surface area contributed by atoms with Gasteiger partial charge in [-0.15, -0.1) is 0 Å². The molecule has 0 atom stereocenters. The normalized spacial score (nSPS) is 13.5. The molecule has 0 spiro atoms. The van der Waals surface area contributed by atoms with Crippen molar-refractivity contribution in [2.24, 2.45) is 7.05 Å². The Kier molecular flexibility index (Phi) is 7.76. The van der Waals surface area contributed by atoms with Crippen LogP contribution in [0.2, 0.25) is 0 Å². The summed E-state index contributed by atoms with van der Waals surface area (Å²) in [4.78, 5) is 24.6. The van der Waals surface area contributed by atoms with Crippen molar-refractivity contribution in [1.82, 2.24) is 14.5 Å². The van der Waals surface area contributed by atoms with Gasteiger partial charge in [-0.1, -0.05) is 18.2 Å². The first-order valence-electron chi connectivity index (χ1n) is 13.7. The Hall–Kier alpha value is -5.60. The number of aryl methyl sites for hydroxylation is 1. The van der Waals surface area contributed by atoms with E-state index in [0.717, 1.165) is 27.8 Å². The number of anilines is 4. The van der Waals surface area contributed by atoms with E-state index in [0.29, 0.717) is 55.1 Å². The molecular formula is C32H29N7O4. The molecular weight excluding hydrogens is 546 g/mol. The summed E-state index contributed by atoms with van der Waals surface area (Å²) in [7, 11) is 3.58. The summed E-state index contributed by atoms with van der Waals surface area (Å²) in [6.45, 7) is 2.35. The molecule has 3 aromatic heterocycles. The van der Waals surface area contributed by atoms with Crippen molar-refractivity contribution < 1.29 is 18.7 Å². The molecule has 1 fully saturated rings. The number of furan rings is 1. The summed E-state index contributed by atoms with van der Waals surface area (Å²) in [5.74, 6) is 0.722. The average Bonchev–Trinajstić information content (AvgIpc) is 3.68. The summed E-state index contributed by atoms with van der Waals surface area (Å²) in [5, 5.41) is 17.0. The van der Waals surface area contributed by atoms with Crippen molar-refractivity contribution in [2.45, 2.75) is 0 Å². The highest BCUT2D eigenvalue weighted by molar-refractivity contribution is 6.11. The highest BCUT2D eigenvalue weighted by Crippen LogP contribution is 2.39. The van der Waals surface area contributed by atoms with E-state index >= 15 is 0 Å². The van der Waals surface area contributed by atoms with Crippen LogP contribution in [-0.4, -0.2) is 53.9 Å². The first-order valence-corrected chi connectivity index (χ1v) is 13.7. The predicted molar refractivity (Wildman–Crippen MR) is 164 cm³/mol. The van der Waals surface area contributed by atoms with Crippen LogP contribution in [0, 0.1) is 11.3 Å². The lowest BCUT2D eigenvalue weighted by Gasteiger charge is -2.31. The van der Waals surface area contributed by atoms with Gasteiger partial charge in [-0.2, -0.15) is 5.26 Å². The molecule has 11 nitrogen and oxygen atoms in total. The van der Waals surface area contributed by atoms with E-state index < -0.39 is 5.91 Å². The zero-order valence-electron chi connectivity index (χ0n) is 23.7. The van der Waals surface area contributed by atoms with Crippen molar-refractivity contribution in [1.29, 1.82) is 5.26 Å². The molecule has 1 aliphatic rings. The Morgan fingerprint density at radius 2 is 1.95 bits per heavy atom. The molecule has 11 heteroatoms. The molecule has 0 radical (unpaired) electrons. The maximum atomic E-state index is 13.3. The van der Waals surface area contributed by atoms with Crippen molar-refractivity contribution >= 4 is 45.9 Å². The van der Waals surface area contributed by atoms with Gasteiger partial charge in [-0.05, 0) is 30.3 Å². The third-order valence-corrected chi connectivity index (χ3v) is 7.19. The quantitative estimate of drug-likeness (QED) is 0.185. The molecule has 0 bridgehead atoms. The monoisotopic (exact) mass is 575 g/mol. The van der Waals surface area contributed by atoms with E-state index in [4.69, 9.17) is 18.9 Å². The molecule has 1 aliphatic heterocycles. The summed E-state index contributed by atoms with van der Waals surface area (Å²) >= 11 is 0. The minimum absolute atomic E-state index is 0.0978. The number of rotatable bonds is 8. The van der Waals surface area contributed by atoms with Gasteiger partial charge in [0, 0.05) is 61.1 Å². The van der Waals surface area contributed by atoms with E-state index in [2.05, 4.69) is 37.2 Å². The molecule has 5 aromatic rings. The Labute approximate surface area is 248 Å². The molecule has 0 unspecified atom stereocenters. The predicted octanol–water partition coefficient (Wildman–Crippen LogP) is 5.36. The minimum Gasteiger partial charge on any atom is -0.494 e. The minimum atomic E-state index is -0.571. The second kappa shape index (κ2) is 12.1. The van der Waals surface area contributed by atoms with Gasteiger partial charge in [0.25, 0.3) is 5.91 Å². The fourth-order valence-electron chi connectivity index (χ4n) is 5.09. The van der Waals surface area contributed by atoms with E-state index in [1.165, 1.54) is 12.3 Å². The number of amides is 1. The van der Waals surface area contributed by atoms with Crippen LogP contribution in [0.3, 0.4) is 0 Å². The number of nitrogens with one attached hydrogen (secondary N) is 2. The number of carbonyl (C=O) groups is 1.